The molecule has 1 amide bonds. The Balaban J connectivity index is 1.38. The molecule has 0 saturated heterocycles. The summed E-state index contributed by atoms with van der Waals surface area (Å²) in [6.07, 6.45) is 3.80. The number of carbonyl (C=O) groups is 1. The number of nitrogens with one attached hydrogen (secondary N) is 1. The van der Waals surface area contributed by atoms with E-state index in [1.165, 1.54) is 6.42 Å². The normalized spacial score (nSPS) is 19.2. The van der Waals surface area contributed by atoms with Gasteiger partial charge in [0, 0.05) is 13.0 Å². The highest BCUT2D eigenvalue weighted by atomic mass is 16.6. The van der Waals surface area contributed by atoms with Gasteiger partial charge in [0.05, 0.1) is 6.54 Å². The molecule has 2 aliphatic rings. The molecule has 3 heterocycles. The first-order chi connectivity index (χ1) is 11.8. The lowest BCUT2D eigenvalue weighted by molar-refractivity contribution is -0.130. The molecule has 0 aliphatic carbocycles. The average molecular weight is 328 g/mol. The predicted octanol–water partition coefficient (Wildman–Crippen LogP) is 1.46. The fraction of sp³-hybridized carbons (Fsp3) is 0.471. The largest absolute Gasteiger partial charge is 0.485 e. The van der Waals surface area contributed by atoms with Crippen LogP contribution in [0.1, 0.15) is 30.9 Å². The van der Waals surface area contributed by atoms with Crippen molar-refractivity contribution in [1.29, 1.82) is 0 Å². The van der Waals surface area contributed by atoms with Gasteiger partial charge in [0.25, 0.3) is 5.91 Å². The maximum Gasteiger partial charge on any atom is 0.265 e. The Hall–Kier alpha value is -2.57. The number of hydrogen-bond donors (Lipinski definition) is 1. The fourth-order valence-electron chi connectivity index (χ4n) is 3.10. The third-order valence-electron chi connectivity index (χ3n) is 4.41. The highest BCUT2D eigenvalue weighted by Crippen LogP contribution is 2.30. The second-order valence-electron chi connectivity index (χ2n) is 6.08. The quantitative estimate of drug-likeness (QED) is 0.923. The van der Waals surface area contributed by atoms with Gasteiger partial charge in [-0.3, -0.25) is 4.79 Å². The van der Waals surface area contributed by atoms with E-state index < -0.39 is 6.10 Å². The lowest BCUT2D eigenvalue weighted by Crippen LogP contribution is -2.44. The molecule has 126 valence electrons. The third kappa shape index (κ3) is 2.93. The number of aromatic nitrogens is 3. The maximum atomic E-state index is 12.4. The van der Waals surface area contributed by atoms with Gasteiger partial charge in [-0.25, -0.2) is 0 Å². The summed E-state index contributed by atoms with van der Waals surface area (Å²) in [5.74, 6) is 2.89. The van der Waals surface area contributed by atoms with E-state index in [2.05, 4.69) is 20.1 Å². The number of aryl methyl sites for hydroxylation is 1. The Morgan fingerprint density at radius 2 is 2.08 bits per heavy atom. The predicted molar refractivity (Wildman–Crippen MR) is 85.8 cm³/mol. The van der Waals surface area contributed by atoms with Gasteiger partial charge < -0.3 is 19.4 Å². The van der Waals surface area contributed by atoms with E-state index >= 15 is 0 Å². The van der Waals surface area contributed by atoms with Crippen molar-refractivity contribution in [3.63, 3.8) is 0 Å². The topological polar surface area (TPSA) is 78.3 Å². The zero-order valence-electron chi connectivity index (χ0n) is 13.4. The number of amides is 1. The Morgan fingerprint density at radius 1 is 1.21 bits per heavy atom. The van der Waals surface area contributed by atoms with Crippen molar-refractivity contribution in [1.82, 2.24) is 20.1 Å². The molecule has 0 fully saturated rings. The molecular formula is C17H20N4O3. The van der Waals surface area contributed by atoms with Crippen LogP contribution in [-0.2, 0) is 24.3 Å². The monoisotopic (exact) mass is 328 g/mol. The number of carbonyl (C=O) groups excluding carboxylic acids is 1. The van der Waals surface area contributed by atoms with Crippen LogP contribution in [0.15, 0.2) is 24.3 Å². The number of hydrogen-bond acceptors (Lipinski definition) is 5. The molecule has 1 N–H and O–H groups in total. The van der Waals surface area contributed by atoms with E-state index in [1.807, 2.05) is 18.2 Å². The zero-order chi connectivity index (χ0) is 16.4. The minimum absolute atomic E-state index is 0.199. The van der Waals surface area contributed by atoms with Crippen molar-refractivity contribution < 1.29 is 14.3 Å². The standard InChI is InChI=1S/C17H20N4O3/c22-17(14-11-23-12-6-3-4-7-13(12)24-14)18-10-16-20-19-15-8-2-1-5-9-21(15)16/h3-4,6-7,14H,1-2,5,8-11H2,(H,18,22). The van der Waals surface area contributed by atoms with Crippen LogP contribution in [0.25, 0.3) is 0 Å². The van der Waals surface area contributed by atoms with Crippen LogP contribution in [-0.4, -0.2) is 33.4 Å². The zero-order valence-corrected chi connectivity index (χ0v) is 13.4. The first-order valence-electron chi connectivity index (χ1n) is 8.38. The van der Waals surface area contributed by atoms with Gasteiger partial charge in [-0.2, -0.15) is 0 Å². The number of fused-ring (bicyclic) bond motifs is 2. The second-order valence-corrected chi connectivity index (χ2v) is 6.08. The molecule has 1 aromatic carbocycles. The summed E-state index contributed by atoms with van der Waals surface area (Å²) in [5, 5.41) is 11.4. The number of rotatable bonds is 3. The Bertz CT molecular complexity index is 743. The maximum absolute atomic E-state index is 12.4. The van der Waals surface area contributed by atoms with Crippen molar-refractivity contribution in [2.45, 2.75) is 44.9 Å². The van der Waals surface area contributed by atoms with E-state index in [0.29, 0.717) is 18.0 Å². The lowest BCUT2D eigenvalue weighted by Gasteiger charge is -2.25. The van der Waals surface area contributed by atoms with Crippen LogP contribution >= 0.6 is 0 Å². The molecule has 24 heavy (non-hydrogen) atoms. The first-order valence-corrected chi connectivity index (χ1v) is 8.38. The molecule has 0 saturated carbocycles. The molecule has 1 unspecified atom stereocenters. The molecule has 0 bridgehead atoms. The molecular weight excluding hydrogens is 308 g/mol. The first kappa shape index (κ1) is 15.0. The number of nitrogens with zero attached hydrogens (tertiary/aromatic N) is 3. The molecule has 1 atom stereocenters. The molecule has 7 heteroatoms. The number of para-hydroxylation sites is 2. The number of benzene rings is 1. The van der Waals surface area contributed by atoms with Crippen molar-refractivity contribution in [3.8, 4) is 11.5 Å². The Labute approximate surface area is 140 Å². The van der Waals surface area contributed by atoms with Gasteiger partial charge in [-0.1, -0.05) is 18.6 Å². The van der Waals surface area contributed by atoms with Crippen molar-refractivity contribution in [2.24, 2.45) is 0 Å². The minimum atomic E-state index is -0.647. The smallest absolute Gasteiger partial charge is 0.265 e. The van der Waals surface area contributed by atoms with Crippen molar-refractivity contribution in [3.05, 3.63) is 35.9 Å². The summed E-state index contributed by atoms with van der Waals surface area (Å²) in [6, 6.07) is 7.36. The van der Waals surface area contributed by atoms with E-state index in [9.17, 15) is 4.79 Å². The molecule has 7 nitrogen and oxygen atoms in total. The molecule has 2 aliphatic heterocycles. The van der Waals surface area contributed by atoms with Gasteiger partial charge >= 0.3 is 0 Å². The third-order valence-corrected chi connectivity index (χ3v) is 4.41. The Morgan fingerprint density at radius 3 is 3.00 bits per heavy atom. The highest BCUT2D eigenvalue weighted by molar-refractivity contribution is 5.81. The van der Waals surface area contributed by atoms with E-state index in [0.717, 1.165) is 37.5 Å². The van der Waals surface area contributed by atoms with Crippen molar-refractivity contribution in [2.75, 3.05) is 6.61 Å². The minimum Gasteiger partial charge on any atom is -0.485 e. The van der Waals surface area contributed by atoms with Gasteiger partial charge in [0.1, 0.15) is 12.4 Å². The van der Waals surface area contributed by atoms with Gasteiger partial charge in [0.2, 0.25) is 6.10 Å². The summed E-state index contributed by atoms with van der Waals surface area (Å²) in [5.41, 5.74) is 0. The molecule has 2 aromatic rings. The molecule has 4 rings (SSSR count). The van der Waals surface area contributed by atoms with E-state index in [-0.39, 0.29) is 12.5 Å². The fourth-order valence-corrected chi connectivity index (χ4v) is 3.10. The molecule has 1 aromatic heterocycles. The van der Waals surface area contributed by atoms with Crippen LogP contribution in [0, 0.1) is 0 Å². The summed E-state index contributed by atoms with van der Waals surface area (Å²) in [6.45, 7) is 1.48. The van der Waals surface area contributed by atoms with Crippen LogP contribution in [0.5, 0.6) is 11.5 Å². The molecule has 0 radical (unpaired) electrons. The summed E-state index contributed by atoms with van der Waals surface area (Å²) in [7, 11) is 0. The summed E-state index contributed by atoms with van der Waals surface area (Å²) >= 11 is 0. The Kier molecular flexibility index (Phi) is 4.06. The van der Waals surface area contributed by atoms with Gasteiger partial charge in [0.15, 0.2) is 17.3 Å². The van der Waals surface area contributed by atoms with Crippen LogP contribution in [0.4, 0.5) is 0 Å². The van der Waals surface area contributed by atoms with Crippen LogP contribution in [0.3, 0.4) is 0 Å². The SMILES string of the molecule is O=C(NCc1nnc2n1CCCCC2)C1COc2ccccc2O1. The van der Waals surface area contributed by atoms with Crippen LogP contribution in [0.2, 0.25) is 0 Å². The summed E-state index contributed by atoms with van der Waals surface area (Å²) in [4.78, 5) is 12.4. The van der Waals surface area contributed by atoms with Crippen LogP contribution < -0.4 is 14.8 Å². The molecule has 0 spiro atoms. The lowest BCUT2D eigenvalue weighted by atomic mass is 10.2. The highest BCUT2D eigenvalue weighted by Gasteiger charge is 2.27. The summed E-state index contributed by atoms with van der Waals surface area (Å²) < 4.78 is 13.4. The second kappa shape index (κ2) is 6.51. The van der Waals surface area contributed by atoms with Gasteiger partial charge in [-0.15, -0.1) is 10.2 Å². The van der Waals surface area contributed by atoms with E-state index in [4.69, 9.17) is 9.47 Å². The van der Waals surface area contributed by atoms with E-state index in [1.54, 1.807) is 6.07 Å². The number of ether oxygens (including phenoxy) is 2. The average Bonchev–Trinajstić information content (AvgIpc) is 2.85. The van der Waals surface area contributed by atoms with Crippen molar-refractivity contribution >= 4 is 5.91 Å². The van der Waals surface area contributed by atoms with Gasteiger partial charge in [-0.05, 0) is 25.0 Å².